The summed E-state index contributed by atoms with van der Waals surface area (Å²) in [4.78, 5) is 3.30. The molecular formula is C16H24N2O. The summed E-state index contributed by atoms with van der Waals surface area (Å²) in [7, 11) is 0. The molecule has 0 aliphatic carbocycles. The van der Waals surface area contributed by atoms with Crippen LogP contribution in [-0.4, -0.2) is 29.8 Å². The van der Waals surface area contributed by atoms with Crippen LogP contribution in [0.3, 0.4) is 0 Å². The molecule has 0 fully saturated rings. The number of H-pyrrole nitrogens is 1. The van der Waals surface area contributed by atoms with E-state index < -0.39 is 0 Å². The minimum atomic E-state index is 0.262. The number of nitrogens with one attached hydrogen (secondary N) is 2. The van der Waals surface area contributed by atoms with Gasteiger partial charge in [-0.1, -0.05) is 32.0 Å². The fourth-order valence-corrected chi connectivity index (χ4v) is 2.36. The molecule has 1 aromatic carbocycles. The van der Waals surface area contributed by atoms with Gasteiger partial charge in [-0.2, -0.15) is 0 Å². The van der Waals surface area contributed by atoms with E-state index in [4.69, 9.17) is 0 Å². The van der Waals surface area contributed by atoms with Gasteiger partial charge in [0, 0.05) is 30.3 Å². The van der Waals surface area contributed by atoms with Crippen LogP contribution in [0.4, 0.5) is 0 Å². The minimum Gasteiger partial charge on any atom is -0.396 e. The normalized spacial score (nSPS) is 13.3. The van der Waals surface area contributed by atoms with Crippen LogP contribution >= 0.6 is 0 Å². The van der Waals surface area contributed by atoms with Crippen molar-refractivity contribution in [3.63, 3.8) is 0 Å². The van der Waals surface area contributed by atoms with E-state index in [0.29, 0.717) is 11.8 Å². The summed E-state index contributed by atoms with van der Waals surface area (Å²) < 4.78 is 0. The van der Waals surface area contributed by atoms with Gasteiger partial charge < -0.3 is 15.4 Å². The predicted octanol–water partition coefficient (Wildman–Crippen LogP) is 2.56. The highest BCUT2D eigenvalue weighted by molar-refractivity contribution is 5.83. The van der Waals surface area contributed by atoms with Crippen LogP contribution in [0.15, 0.2) is 30.5 Å². The maximum Gasteiger partial charge on any atom is 0.0473 e. The van der Waals surface area contributed by atoms with Crippen molar-refractivity contribution >= 4 is 10.9 Å². The van der Waals surface area contributed by atoms with Crippen molar-refractivity contribution in [2.75, 3.05) is 19.7 Å². The first-order valence-electron chi connectivity index (χ1n) is 7.09. The molecule has 19 heavy (non-hydrogen) atoms. The minimum absolute atomic E-state index is 0.262. The first-order valence-corrected chi connectivity index (χ1v) is 7.09. The highest BCUT2D eigenvalue weighted by atomic mass is 16.3. The molecule has 1 heterocycles. The summed E-state index contributed by atoms with van der Waals surface area (Å²) in [6.07, 6.45) is 3.11. The zero-order chi connectivity index (χ0) is 13.7. The Hall–Kier alpha value is -1.32. The molecule has 1 aromatic heterocycles. The SMILES string of the molecule is CC(C)C(CO)CNCCc1c[nH]c2ccccc12. The van der Waals surface area contributed by atoms with E-state index >= 15 is 0 Å². The Morgan fingerprint density at radius 3 is 2.79 bits per heavy atom. The van der Waals surface area contributed by atoms with Gasteiger partial charge in [-0.05, 0) is 36.4 Å². The fraction of sp³-hybridized carbons (Fsp3) is 0.500. The molecule has 0 amide bonds. The Labute approximate surface area is 115 Å². The Morgan fingerprint density at radius 1 is 1.26 bits per heavy atom. The first-order chi connectivity index (χ1) is 9.22. The lowest BCUT2D eigenvalue weighted by Gasteiger charge is -2.18. The second kappa shape index (κ2) is 6.73. The van der Waals surface area contributed by atoms with Crippen molar-refractivity contribution in [2.24, 2.45) is 11.8 Å². The lowest BCUT2D eigenvalue weighted by molar-refractivity contribution is 0.186. The molecule has 3 heteroatoms. The number of hydrogen-bond acceptors (Lipinski definition) is 2. The van der Waals surface area contributed by atoms with Crippen LogP contribution in [-0.2, 0) is 6.42 Å². The van der Waals surface area contributed by atoms with E-state index in [2.05, 4.69) is 54.6 Å². The Morgan fingerprint density at radius 2 is 2.05 bits per heavy atom. The average Bonchev–Trinajstić information content (AvgIpc) is 2.82. The summed E-state index contributed by atoms with van der Waals surface area (Å²) >= 11 is 0. The van der Waals surface area contributed by atoms with Crippen molar-refractivity contribution in [1.29, 1.82) is 0 Å². The molecule has 3 nitrogen and oxygen atoms in total. The van der Waals surface area contributed by atoms with Crippen molar-refractivity contribution < 1.29 is 5.11 Å². The molecule has 0 bridgehead atoms. The molecule has 2 aromatic rings. The number of rotatable bonds is 7. The van der Waals surface area contributed by atoms with E-state index in [-0.39, 0.29) is 6.61 Å². The quantitative estimate of drug-likeness (QED) is 0.670. The summed E-state index contributed by atoms with van der Waals surface area (Å²) in [5.74, 6) is 0.869. The number of fused-ring (bicyclic) bond motifs is 1. The van der Waals surface area contributed by atoms with Crippen molar-refractivity contribution in [3.05, 3.63) is 36.0 Å². The van der Waals surface area contributed by atoms with Crippen molar-refractivity contribution in [3.8, 4) is 0 Å². The van der Waals surface area contributed by atoms with Crippen LogP contribution in [0.2, 0.25) is 0 Å². The fourth-order valence-electron chi connectivity index (χ4n) is 2.36. The zero-order valence-electron chi connectivity index (χ0n) is 11.8. The van der Waals surface area contributed by atoms with Crippen LogP contribution in [0, 0.1) is 11.8 Å². The number of aliphatic hydroxyl groups excluding tert-OH is 1. The van der Waals surface area contributed by atoms with Crippen LogP contribution in [0.25, 0.3) is 10.9 Å². The number of hydrogen-bond donors (Lipinski definition) is 3. The maximum atomic E-state index is 9.28. The van der Waals surface area contributed by atoms with Crippen LogP contribution in [0.1, 0.15) is 19.4 Å². The van der Waals surface area contributed by atoms with Gasteiger partial charge in [-0.25, -0.2) is 0 Å². The van der Waals surface area contributed by atoms with Crippen LogP contribution in [0.5, 0.6) is 0 Å². The summed E-state index contributed by atoms with van der Waals surface area (Å²) in [6.45, 7) is 6.41. The monoisotopic (exact) mass is 260 g/mol. The van der Waals surface area contributed by atoms with Crippen molar-refractivity contribution in [2.45, 2.75) is 20.3 Å². The predicted molar refractivity (Wildman–Crippen MR) is 80.3 cm³/mol. The van der Waals surface area contributed by atoms with Gasteiger partial charge in [0.05, 0.1) is 0 Å². The van der Waals surface area contributed by atoms with E-state index in [1.807, 2.05) is 0 Å². The molecule has 1 atom stereocenters. The molecule has 3 N–H and O–H groups in total. The number of aliphatic hydroxyl groups is 1. The van der Waals surface area contributed by atoms with Gasteiger partial charge in [0.15, 0.2) is 0 Å². The maximum absolute atomic E-state index is 9.28. The lowest BCUT2D eigenvalue weighted by Crippen LogP contribution is -2.30. The molecule has 1 unspecified atom stereocenters. The molecule has 0 radical (unpaired) electrons. The van der Waals surface area contributed by atoms with Gasteiger partial charge >= 0.3 is 0 Å². The number of aromatic nitrogens is 1. The highest BCUT2D eigenvalue weighted by Crippen LogP contribution is 2.17. The largest absolute Gasteiger partial charge is 0.396 e. The molecule has 104 valence electrons. The lowest BCUT2D eigenvalue weighted by atomic mass is 9.97. The summed E-state index contributed by atoms with van der Waals surface area (Å²) in [5, 5.41) is 14.0. The topological polar surface area (TPSA) is 48.0 Å². The molecule has 0 aliphatic heterocycles. The molecule has 0 spiro atoms. The summed E-state index contributed by atoms with van der Waals surface area (Å²) in [5.41, 5.74) is 2.56. The Balaban J connectivity index is 1.83. The molecule has 0 saturated heterocycles. The second-order valence-electron chi connectivity index (χ2n) is 5.50. The third-order valence-electron chi connectivity index (χ3n) is 3.83. The van der Waals surface area contributed by atoms with Gasteiger partial charge in [0.1, 0.15) is 0 Å². The molecule has 0 saturated carbocycles. The Bertz CT molecular complexity index is 504. The van der Waals surface area contributed by atoms with Gasteiger partial charge in [-0.3, -0.25) is 0 Å². The average molecular weight is 260 g/mol. The standard InChI is InChI=1S/C16H24N2O/c1-12(2)14(11-19)9-17-8-7-13-10-18-16-6-4-3-5-15(13)16/h3-6,10,12,14,17-19H,7-9,11H2,1-2H3. The molecule has 2 rings (SSSR count). The third-order valence-corrected chi connectivity index (χ3v) is 3.83. The second-order valence-corrected chi connectivity index (χ2v) is 5.50. The first kappa shape index (κ1) is 14.1. The van der Waals surface area contributed by atoms with E-state index in [1.54, 1.807) is 0 Å². The summed E-state index contributed by atoms with van der Waals surface area (Å²) in [6, 6.07) is 8.39. The number of para-hydroxylation sites is 1. The van der Waals surface area contributed by atoms with Gasteiger partial charge in [0.2, 0.25) is 0 Å². The Kier molecular flexibility index (Phi) is 5.00. The van der Waals surface area contributed by atoms with E-state index in [0.717, 1.165) is 19.5 Å². The number of benzene rings is 1. The van der Waals surface area contributed by atoms with Gasteiger partial charge in [0.25, 0.3) is 0 Å². The van der Waals surface area contributed by atoms with Gasteiger partial charge in [-0.15, -0.1) is 0 Å². The van der Waals surface area contributed by atoms with E-state index in [9.17, 15) is 5.11 Å². The van der Waals surface area contributed by atoms with Crippen LogP contribution < -0.4 is 5.32 Å². The molecule has 0 aliphatic rings. The van der Waals surface area contributed by atoms with Crippen molar-refractivity contribution in [1.82, 2.24) is 10.3 Å². The highest BCUT2D eigenvalue weighted by Gasteiger charge is 2.11. The van der Waals surface area contributed by atoms with E-state index in [1.165, 1.54) is 16.5 Å². The smallest absolute Gasteiger partial charge is 0.0473 e. The number of aromatic amines is 1. The third kappa shape index (κ3) is 3.58. The molecular weight excluding hydrogens is 236 g/mol. The zero-order valence-corrected chi connectivity index (χ0v) is 11.8.